The van der Waals surface area contributed by atoms with E-state index in [2.05, 4.69) is 53.6 Å². The van der Waals surface area contributed by atoms with Crippen molar-refractivity contribution in [3.63, 3.8) is 0 Å². The van der Waals surface area contributed by atoms with Gasteiger partial charge in [-0.05, 0) is 37.1 Å². The zero-order chi connectivity index (χ0) is 18.8. The van der Waals surface area contributed by atoms with Crippen LogP contribution in [0.5, 0.6) is 0 Å². The van der Waals surface area contributed by atoms with Gasteiger partial charge in [-0.15, -0.1) is 0 Å². The second-order valence-corrected chi connectivity index (χ2v) is 6.73. The maximum absolute atomic E-state index is 11.9. The first kappa shape index (κ1) is 20.2. The molecule has 2 N–H and O–H groups in total. The molecule has 2 rings (SSSR count). The Balaban J connectivity index is 1.61. The Bertz CT molecular complexity index is 570. The van der Waals surface area contributed by atoms with Gasteiger partial charge < -0.3 is 15.5 Å². The fourth-order valence-electron chi connectivity index (χ4n) is 3.13. The lowest BCUT2D eigenvalue weighted by Gasteiger charge is -2.18. The van der Waals surface area contributed by atoms with Crippen molar-refractivity contribution in [2.24, 2.45) is 0 Å². The van der Waals surface area contributed by atoms with Crippen LogP contribution in [0.2, 0.25) is 0 Å². The van der Waals surface area contributed by atoms with Gasteiger partial charge in [-0.1, -0.05) is 38.1 Å². The molecule has 0 aliphatic carbocycles. The molecule has 3 amide bonds. The highest BCUT2D eigenvalue weighted by atomic mass is 16.2. The fraction of sp³-hybridized carbons (Fsp3) is 0.600. The Morgan fingerprint density at radius 2 is 1.81 bits per heavy atom. The van der Waals surface area contributed by atoms with Crippen molar-refractivity contribution in [1.29, 1.82) is 0 Å². The standard InChI is InChI=1S/C20H32N4O2/c1-3-23(4-2)16-18-10-8-17(9-11-18)15-22-20(26)21-12-6-14-24-13-5-7-19(24)25/h8-11H,3-7,12-16H2,1-2H3,(H2,21,22,26). The predicted octanol–water partition coefficient (Wildman–Crippen LogP) is 2.34. The number of likely N-dealkylation sites (tertiary alicyclic amines) is 1. The van der Waals surface area contributed by atoms with Gasteiger partial charge in [-0.2, -0.15) is 0 Å². The van der Waals surface area contributed by atoms with Gasteiger partial charge in [0.25, 0.3) is 0 Å². The molecule has 0 atom stereocenters. The Morgan fingerprint density at radius 1 is 1.12 bits per heavy atom. The highest BCUT2D eigenvalue weighted by Crippen LogP contribution is 2.09. The number of nitrogens with zero attached hydrogens (tertiary/aromatic N) is 2. The number of hydrogen-bond acceptors (Lipinski definition) is 3. The van der Waals surface area contributed by atoms with Crippen LogP contribution in [0.4, 0.5) is 4.79 Å². The number of amides is 3. The van der Waals surface area contributed by atoms with E-state index < -0.39 is 0 Å². The average molecular weight is 361 g/mol. The Hall–Kier alpha value is -2.08. The lowest BCUT2D eigenvalue weighted by atomic mass is 10.1. The normalized spacial score (nSPS) is 14.1. The van der Waals surface area contributed by atoms with E-state index >= 15 is 0 Å². The number of rotatable bonds is 10. The molecule has 0 radical (unpaired) electrons. The van der Waals surface area contributed by atoms with E-state index in [0.29, 0.717) is 19.5 Å². The van der Waals surface area contributed by atoms with Crippen molar-refractivity contribution in [3.8, 4) is 0 Å². The molecule has 1 saturated heterocycles. The minimum absolute atomic E-state index is 0.162. The van der Waals surface area contributed by atoms with Crippen molar-refractivity contribution < 1.29 is 9.59 Å². The smallest absolute Gasteiger partial charge is 0.315 e. The minimum Gasteiger partial charge on any atom is -0.343 e. The molecule has 6 heteroatoms. The predicted molar refractivity (Wildman–Crippen MR) is 104 cm³/mol. The number of nitrogens with one attached hydrogen (secondary N) is 2. The second-order valence-electron chi connectivity index (χ2n) is 6.73. The molecule has 144 valence electrons. The number of urea groups is 1. The van der Waals surface area contributed by atoms with E-state index in [9.17, 15) is 9.59 Å². The summed E-state index contributed by atoms with van der Waals surface area (Å²) in [4.78, 5) is 27.6. The lowest BCUT2D eigenvalue weighted by molar-refractivity contribution is -0.127. The summed E-state index contributed by atoms with van der Waals surface area (Å²) < 4.78 is 0. The average Bonchev–Trinajstić information content (AvgIpc) is 3.07. The van der Waals surface area contributed by atoms with Gasteiger partial charge >= 0.3 is 6.03 Å². The molecule has 1 heterocycles. The van der Waals surface area contributed by atoms with Crippen LogP contribution in [0.3, 0.4) is 0 Å². The first-order valence-corrected chi connectivity index (χ1v) is 9.72. The summed E-state index contributed by atoms with van der Waals surface area (Å²) in [7, 11) is 0. The van der Waals surface area contributed by atoms with E-state index in [4.69, 9.17) is 0 Å². The van der Waals surface area contributed by atoms with Crippen molar-refractivity contribution >= 4 is 11.9 Å². The van der Waals surface area contributed by atoms with Crippen LogP contribution < -0.4 is 10.6 Å². The Labute approximate surface area is 156 Å². The van der Waals surface area contributed by atoms with Crippen molar-refractivity contribution in [3.05, 3.63) is 35.4 Å². The molecular formula is C20H32N4O2. The lowest BCUT2D eigenvalue weighted by Crippen LogP contribution is -2.37. The largest absolute Gasteiger partial charge is 0.343 e. The summed E-state index contributed by atoms with van der Waals surface area (Å²) >= 11 is 0. The van der Waals surface area contributed by atoms with Crippen LogP contribution in [0.1, 0.15) is 44.2 Å². The van der Waals surface area contributed by atoms with E-state index in [-0.39, 0.29) is 11.9 Å². The Kier molecular flexibility index (Phi) is 8.41. The molecular weight excluding hydrogens is 328 g/mol. The van der Waals surface area contributed by atoms with E-state index in [1.54, 1.807) is 0 Å². The van der Waals surface area contributed by atoms with Gasteiger partial charge in [0.15, 0.2) is 0 Å². The van der Waals surface area contributed by atoms with Crippen LogP contribution in [0.25, 0.3) is 0 Å². The van der Waals surface area contributed by atoms with Crippen LogP contribution in [-0.2, 0) is 17.9 Å². The van der Waals surface area contributed by atoms with Crippen LogP contribution >= 0.6 is 0 Å². The number of carbonyl (C=O) groups excluding carboxylic acids is 2. The zero-order valence-corrected chi connectivity index (χ0v) is 16.1. The zero-order valence-electron chi connectivity index (χ0n) is 16.1. The fourth-order valence-corrected chi connectivity index (χ4v) is 3.13. The summed E-state index contributed by atoms with van der Waals surface area (Å²) in [6.45, 7) is 10.1. The van der Waals surface area contributed by atoms with Crippen LogP contribution in [0, 0.1) is 0 Å². The second kappa shape index (κ2) is 10.8. The summed E-state index contributed by atoms with van der Waals surface area (Å²) in [5.41, 5.74) is 2.38. The summed E-state index contributed by atoms with van der Waals surface area (Å²) in [5, 5.41) is 5.73. The van der Waals surface area contributed by atoms with Gasteiger partial charge in [-0.3, -0.25) is 9.69 Å². The SMILES string of the molecule is CCN(CC)Cc1ccc(CNC(=O)NCCCN2CCCC2=O)cc1. The third-order valence-corrected chi connectivity index (χ3v) is 4.84. The first-order chi connectivity index (χ1) is 12.6. The van der Waals surface area contributed by atoms with Gasteiger partial charge in [0, 0.05) is 39.1 Å². The maximum Gasteiger partial charge on any atom is 0.315 e. The molecule has 0 bridgehead atoms. The molecule has 1 aliphatic heterocycles. The Morgan fingerprint density at radius 3 is 2.42 bits per heavy atom. The van der Waals surface area contributed by atoms with E-state index in [1.807, 2.05) is 4.90 Å². The molecule has 0 unspecified atom stereocenters. The monoisotopic (exact) mass is 360 g/mol. The number of hydrogen-bond donors (Lipinski definition) is 2. The first-order valence-electron chi connectivity index (χ1n) is 9.72. The van der Waals surface area contributed by atoms with Gasteiger partial charge in [0.05, 0.1) is 0 Å². The third kappa shape index (κ3) is 6.67. The highest BCUT2D eigenvalue weighted by Gasteiger charge is 2.18. The van der Waals surface area contributed by atoms with E-state index in [1.165, 1.54) is 5.56 Å². The molecule has 26 heavy (non-hydrogen) atoms. The van der Waals surface area contributed by atoms with Crippen molar-refractivity contribution in [2.45, 2.75) is 46.2 Å². The molecule has 1 aromatic rings. The molecule has 1 fully saturated rings. The molecule has 0 spiro atoms. The van der Waals surface area contributed by atoms with Crippen molar-refractivity contribution in [2.75, 3.05) is 32.7 Å². The molecule has 6 nitrogen and oxygen atoms in total. The van der Waals surface area contributed by atoms with Gasteiger partial charge in [0.2, 0.25) is 5.91 Å². The highest BCUT2D eigenvalue weighted by molar-refractivity contribution is 5.78. The topological polar surface area (TPSA) is 64.7 Å². The molecule has 0 saturated carbocycles. The summed E-state index contributed by atoms with van der Waals surface area (Å²) in [6, 6.07) is 8.22. The quantitative estimate of drug-likeness (QED) is 0.630. The van der Waals surface area contributed by atoms with E-state index in [0.717, 1.165) is 51.1 Å². The van der Waals surface area contributed by atoms with Crippen LogP contribution in [-0.4, -0.2) is 54.5 Å². The number of benzene rings is 1. The number of carbonyl (C=O) groups is 2. The van der Waals surface area contributed by atoms with Gasteiger partial charge in [-0.25, -0.2) is 4.79 Å². The molecule has 1 aliphatic rings. The summed E-state index contributed by atoms with van der Waals surface area (Å²) in [5.74, 6) is 0.235. The van der Waals surface area contributed by atoms with Crippen LogP contribution in [0.15, 0.2) is 24.3 Å². The van der Waals surface area contributed by atoms with Crippen molar-refractivity contribution in [1.82, 2.24) is 20.4 Å². The molecule has 1 aromatic carbocycles. The summed E-state index contributed by atoms with van der Waals surface area (Å²) in [6.07, 6.45) is 2.42. The van der Waals surface area contributed by atoms with Gasteiger partial charge in [0.1, 0.15) is 0 Å². The molecule has 0 aromatic heterocycles. The maximum atomic E-state index is 11.9. The minimum atomic E-state index is -0.162. The third-order valence-electron chi connectivity index (χ3n) is 4.84.